The van der Waals surface area contributed by atoms with Gasteiger partial charge in [-0.25, -0.2) is 0 Å². The normalized spacial score (nSPS) is 14.6. The van der Waals surface area contributed by atoms with Gasteiger partial charge >= 0.3 is 6.11 Å². The molecule has 0 spiro atoms. The Bertz CT molecular complexity index is 825. The van der Waals surface area contributed by atoms with Gasteiger partial charge in [-0.1, -0.05) is 65.8 Å². The third kappa shape index (κ3) is 4.24. The van der Waals surface area contributed by atoms with Crippen LogP contribution in [-0.2, 0) is 0 Å². The third-order valence-corrected chi connectivity index (χ3v) is 4.12. The smallest absolute Gasteiger partial charge is 0.426 e. The SMILES string of the molecule is Cc1ccc(OC(F)(F)C2=CC=C(c3ccc(C)cc3)CC=C2)cc1. The second-order valence-corrected chi connectivity index (χ2v) is 6.22. The fraction of sp³-hybridized carbons (Fsp3) is 0.182. The van der Waals surface area contributed by atoms with E-state index in [2.05, 4.69) is 0 Å². The largest absolute Gasteiger partial charge is 0.429 e. The predicted molar refractivity (Wildman–Crippen MR) is 97.8 cm³/mol. The molecule has 0 radical (unpaired) electrons. The monoisotopic (exact) mass is 338 g/mol. The van der Waals surface area contributed by atoms with Gasteiger partial charge in [-0.05, 0) is 49.6 Å². The molecule has 3 rings (SSSR count). The molecule has 1 nitrogen and oxygen atoms in total. The molecule has 0 saturated heterocycles. The van der Waals surface area contributed by atoms with E-state index in [1.165, 1.54) is 17.7 Å². The maximum atomic E-state index is 14.5. The van der Waals surface area contributed by atoms with E-state index < -0.39 is 6.11 Å². The summed E-state index contributed by atoms with van der Waals surface area (Å²) in [6.07, 6.45) is 3.58. The number of ether oxygens (including phenoxy) is 1. The fourth-order valence-electron chi connectivity index (χ4n) is 2.62. The molecule has 128 valence electrons. The number of hydrogen-bond donors (Lipinski definition) is 0. The van der Waals surface area contributed by atoms with Crippen LogP contribution in [-0.4, -0.2) is 6.11 Å². The highest BCUT2D eigenvalue weighted by molar-refractivity contribution is 5.69. The van der Waals surface area contributed by atoms with Crippen LogP contribution in [0.3, 0.4) is 0 Å². The first-order valence-electron chi connectivity index (χ1n) is 8.22. The van der Waals surface area contributed by atoms with E-state index in [9.17, 15) is 8.78 Å². The zero-order chi connectivity index (χ0) is 17.9. The lowest BCUT2D eigenvalue weighted by Crippen LogP contribution is -2.26. The molecule has 3 heteroatoms. The molecule has 25 heavy (non-hydrogen) atoms. The number of aryl methyl sites for hydroxylation is 2. The first-order valence-corrected chi connectivity index (χ1v) is 8.22. The van der Waals surface area contributed by atoms with Crippen molar-refractivity contribution in [3.8, 4) is 5.75 Å². The molecule has 2 aromatic carbocycles. The Balaban J connectivity index is 1.83. The average Bonchev–Trinajstić information content (AvgIpc) is 2.84. The zero-order valence-electron chi connectivity index (χ0n) is 14.3. The van der Waals surface area contributed by atoms with Crippen molar-refractivity contribution in [2.24, 2.45) is 0 Å². The maximum absolute atomic E-state index is 14.5. The van der Waals surface area contributed by atoms with Crippen molar-refractivity contribution < 1.29 is 13.5 Å². The summed E-state index contributed by atoms with van der Waals surface area (Å²) in [5.41, 5.74) is 4.04. The molecule has 0 amide bonds. The van der Waals surface area contributed by atoms with Gasteiger partial charge in [0.2, 0.25) is 0 Å². The van der Waals surface area contributed by atoms with Crippen LogP contribution in [0.5, 0.6) is 5.75 Å². The Morgan fingerprint density at radius 1 is 0.840 bits per heavy atom. The van der Waals surface area contributed by atoms with Gasteiger partial charge < -0.3 is 4.74 Å². The number of benzene rings is 2. The van der Waals surface area contributed by atoms with E-state index in [4.69, 9.17) is 4.74 Å². The number of halogens is 2. The van der Waals surface area contributed by atoms with Gasteiger partial charge in [0.05, 0.1) is 5.57 Å². The molecule has 0 fully saturated rings. The van der Waals surface area contributed by atoms with E-state index in [0.717, 1.165) is 16.7 Å². The topological polar surface area (TPSA) is 9.23 Å². The van der Waals surface area contributed by atoms with Gasteiger partial charge in [0, 0.05) is 0 Å². The minimum atomic E-state index is -3.38. The number of rotatable bonds is 4. The van der Waals surface area contributed by atoms with E-state index in [1.54, 1.807) is 36.4 Å². The minimum Gasteiger partial charge on any atom is -0.429 e. The van der Waals surface area contributed by atoms with Crippen LogP contribution < -0.4 is 4.74 Å². The average molecular weight is 338 g/mol. The van der Waals surface area contributed by atoms with Crippen molar-refractivity contribution in [2.75, 3.05) is 0 Å². The van der Waals surface area contributed by atoms with E-state index >= 15 is 0 Å². The highest BCUT2D eigenvalue weighted by atomic mass is 19.3. The summed E-state index contributed by atoms with van der Waals surface area (Å²) in [7, 11) is 0. The quantitative estimate of drug-likeness (QED) is 0.641. The highest BCUT2D eigenvalue weighted by Crippen LogP contribution is 2.32. The summed E-state index contributed by atoms with van der Waals surface area (Å²) < 4.78 is 33.9. The van der Waals surface area contributed by atoms with Gasteiger partial charge in [0.15, 0.2) is 0 Å². The highest BCUT2D eigenvalue weighted by Gasteiger charge is 2.35. The summed E-state index contributed by atoms with van der Waals surface area (Å²) in [5, 5.41) is 0. The molecule has 0 saturated carbocycles. The number of allylic oxidation sites excluding steroid dienone is 4. The van der Waals surface area contributed by atoms with Gasteiger partial charge in [0.1, 0.15) is 5.75 Å². The molecule has 0 aliphatic heterocycles. The molecular weight excluding hydrogens is 318 g/mol. The van der Waals surface area contributed by atoms with Crippen LogP contribution >= 0.6 is 0 Å². The predicted octanol–water partition coefficient (Wildman–Crippen LogP) is 6.24. The molecule has 0 N–H and O–H groups in total. The van der Waals surface area contributed by atoms with Crippen molar-refractivity contribution in [2.45, 2.75) is 26.4 Å². The Kier molecular flexibility index (Phi) is 4.84. The fourth-order valence-corrected chi connectivity index (χ4v) is 2.62. The third-order valence-electron chi connectivity index (χ3n) is 4.12. The van der Waals surface area contributed by atoms with Gasteiger partial charge in [-0.2, -0.15) is 8.78 Å². The standard InChI is InChI=1S/C22H20F2O/c1-16-6-10-19(11-7-16)18-4-3-5-20(13-12-18)22(23,24)25-21-14-8-17(2)9-15-21/h3,5-15H,4H2,1-2H3. The Morgan fingerprint density at radius 3 is 2.08 bits per heavy atom. The Labute approximate surface area is 147 Å². The van der Waals surface area contributed by atoms with Crippen molar-refractivity contribution in [1.29, 1.82) is 0 Å². The lowest BCUT2D eigenvalue weighted by molar-refractivity contribution is -0.139. The Morgan fingerprint density at radius 2 is 1.44 bits per heavy atom. The van der Waals surface area contributed by atoms with Crippen molar-refractivity contribution in [1.82, 2.24) is 0 Å². The summed E-state index contributed by atoms with van der Waals surface area (Å²) in [6, 6.07) is 14.7. The molecule has 0 atom stereocenters. The minimum absolute atomic E-state index is 0.150. The van der Waals surface area contributed by atoms with Crippen LogP contribution in [0.4, 0.5) is 8.78 Å². The number of alkyl halides is 2. The van der Waals surface area contributed by atoms with E-state index in [-0.39, 0.29) is 11.3 Å². The summed E-state index contributed by atoms with van der Waals surface area (Å²) in [5.74, 6) is 0.150. The lowest BCUT2D eigenvalue weighted by Gasteiger charge is -2.18. The van der Waals surface area contributed by atoms with Crippen LogP contribution in [0.15, 0.2) is 78.4 Å². The maximum Gasteiger partial charge on any atom is 0.426 e. The zero-order valence-corrected chi connectivity index (χ0v) is 14.3. The van der Waals surface area contributed by atoms with Gasteiger partial charge in [0.25, 0.3) is 0 Å². The second kappa shape index (κ2) is 7.06. The summed E-state index contributed by atoms with van der Waals surface area (Å²) >= 11 is 0. The molecule has 1 aliphatic rings. The molecular formula is C22H20F2O. The van der Waals surface area contributed by atoms with E-state index in [1.807, 2.05) is 38.1 Å². The molecule has 1 aliphatic carbocycles. The lowest BCUT2D eigenvalue weighted by atomic mass is 10.0. The molecule has 0 bridgehead atoms. The van der Waals surface area contributed by atoms with Crippen molar-refractivity contribution >= 4 is 5.57 Å². The van der Waals surface area contributed by atoms with Gasteiger partial charge in [-0.15, -0.1) is 0 Å². The van der Waals surface area contributed by atoms with Gasteiger partial charge in [-0.3, -0.25) is 0 Å². The summed E-state index contributed by atoms with van der Waals surface area (Å²) in [6.45, 7) is 3.92. The Hall–Kier alpha value is -2.68. The first-order chi connectivity index (χ1) is 11.9. The molecule has 2 aromatic rings. The first kappa shape index (κ1) is 17.2. The van der Waals surface area contributed by atoms with Crippen LogP contribution in [0.2, 0.25) is 0 Å². The van der Waals surface area contributed by atoms with Crippen molar-refractivity contribution in [3.05, 3.63) is 95.1 Å². The number of hydrogen-bond acceptors (Lipinski definition) is 1. The van der Waals surface area contributed by atoms with Crippen LogP contribution in [0.1, 0.15) is 23.1 Å². The van der Waals surface area contributed by atoms with E-state index in [0.29, 0.717) is 6.42 Å². The van der Waals surface area contributed by atoms with Crippen LogP contribution in [0.25, 0.3) is 5.57 Å². The summed E-state index contributed by atoms with van der Waals surface area (Å²) in [4.78, 5) is 0. The van der Waals surface area contributed by atoms with Crippen LogP contribution in [0, 0.1) is 13.8 Å². The van der Waals surface area contributed by atoms with Crippen molar-refractivity contribution in [3.63, 3.8) is 0 Å². The molecule has 0 unspecified atom stereocenters. The molecule has 0 heterocycles. The second-order valence-electron chi connectivity index (χ2n) is 6.22. The molecule has 0 aromatic heterocycles.